The minimum Gasteiger partial charge on any atom is -0.320 e. The Hall–Kier alpha value is -0.910. The first-order valence-corrected chi connectivity index (χ1v) is 6.42. The number of rotatable bonds is 2. The Balaban J connectivity index is 2.79. The van der Waals surface area contributed by atoms with Crippen LogP contribution in [0, 0.1) is 11.8 Å². The van der Waals surface area contributed by atoms with Crippen LogP contribution in [0.5, 0.6) is 0 Å². The summed E-state index contributed by atoms with van der Waals surface area (Å²) in [5, 5.41) is 0. The van der Waals surface area contributed by atoms with Gasteiger partial charge in [0, 0.05) is 16.1 Å². The van der Waals surface area contributed by atoms with Crippen LogP contribution in [0.3, 0.4) is 0 Å². The molecule has 0 saturated heterocycles. The highest BCUT2D eigenvalue weighted by molar-refractivity contribution is 7.99. The fourth-order valence-corrected chi connectivity index (χ4v) is 2.05. The zero-order valence-corrected chi connectivity index (χ0v) is 11.0. The lowest BCUT2D eigenvalue weighted by molar-refractivity contribution is 0.802. The summed E-state index contributed by atoms with van der Waals surface area (Å²) in [4.78, 5) is 0. The van der Waals surface area contributed by atoms with Crippen LogP contribution in [0.25, 0.3) is 0 Å². The van der Waals surface area contributed by atoms with Crippen molar-refractivity contribution in [2.45, 2.75) is 31.3 Å². The van der Waals surface area contributed by atoms with Crippen molar-refractivity contribution in [1.29, 1.82) is 0 Å². The van der Waals surface area contributed by atoms with E-state index in [-0.39, 0.29) is 4.75 Å². The molecule has 0 amide bonds. The molecule has 0 spiro atoms. The number of hydrogen-bond acceptors (Lipinski definition) is 2. The second kappa shape index (κ2) is 5.98. The zero-order valence-electron chi connectivity index (χ0n) is 10.2. The molecule has 0 bridgehead atoms. The highest BCUT2D eigenvalue weighted by atomic mass is 32.2. The van der Waals surface area contributed by atoms with Crippen LogP contribution >= 0.6 is 11.8 Å². The van der Waals surface area contributed by atoms with Gasteiger partial charge in [0.2, 0.25) is 0 Å². The molecule has 0 atom stereocenters. The van der Waals surface area contributed by atoms with Crippen LogP contribution in [-0.2, 0) is 5.75 Å². The molecule has 1 aromatic rings. The lowest BCUT2D eigenvalue weighted by Gasteiger charge is -2.17. The smallest absolute Gasteiger partial charge is 0.0555 e. The molecule has 1 nitrogen and oxygen atoms in total. The van der Waals surface area contributed by atoms with E-state index in [1.54, 1.807) is 0 Å². The van der Waals surface area contributed by atoms with Crippen molar-refractivity contribution in [2.24, 2.45) is 5.73 Å². The van der Waals surface area contributed by atoms with Crippen LogP contribution in [0.15, 0.2) is 24.3 Å². The van der Waals surface area contributed by atoms with Crippen molar-refractivity contribution >= 4 is 11.8 Å². The molecule has 16 heavy (non-hydrogen) atoms. The van der Waals surface area contributed by atoms with E-state index in [1.807, 2.05) is 17.8 Å². The normalized spacial score (nSPS) is 10.8. The van der Waals surface area contributed by atoms with E-state index in [4.69, 9.17) is 5.73 Å². The van der Waals surface area contributed by atoms with E-state index < -0.39 is 0 Å². The first-order valence-electron chi connectivity index (χ1n) is 5.44. The van der Waals surface area contributed by atoms with E-state index in [2.05, 4.69) is 50.8 Å². The summed E-state index contributed by atoms with van der Waals surface area (Å²) in [5.41, 5.74) is 7.79. The van der Waals surface area contributed by atoms with Gasteiger partial charge in [-0.2, -0.15) is 11.8 Å². The molecule has 0 aliphatic carbocycles. The fourth-order valence-electron chi connectivity index (χ4n) is 1.21. The Morgan fingerprint density at radius 3 is 2.56 bits per heavy atom. The van der Waals surface area contributed by atoms with Gasteiger partial charge in [-0.3, -0.25) is 0 Å². The third-order valence-corrected chi connectivity index (χ3v) is 3.32. The molecule has 86 valence electrons. The van der Waals surface area contributed by atoms with Gasteiger partial charge in [-0.05, 0) is 11.6 Å². The highest BCUT2D eigenvalue weighted by Crippen LogP contribution is 2.28. The maximum absolute atomic E-state index is 5.39. The average Bonchev–Trinajstić information content (AvgIpc) is 2.23. The topological polar surface area (TPSA) is 26.0 Å². The van der Waals surface area contributed by atoms with Gasteiger partial charge in [0.1, 0.15) is 0 Å². The molecule has 2 N–H and O–H groups in total. The molecule has 0 unspecified atom stereocenters. The summed E-state index contributed by atoms with van der Waals surface area (Å²) in [6, 6.07) is 8.28. The summed E-state index contributed by atoms with van der Waals surface area (Å²) in [5.74, 6) is 7.03. The van der Waals surface area contributed by atoms with Crippen molar-refractivity contribution in [1.82, 2.24) is 0 Å². The largest absolute Gasteiger partial charge is 0.320 e. The standard InChI is InChI=1S/C14H19NS/c1-14(2,3)16-11-13-8-5-4-7-12(13)9-6-10-15/h4-5,7-8H,10-11,15H2,1-3H3. The minimum absolute atomic E-state index is 0.286. The molecule has 0 radical (unpaired) electrons. The summed E-state index contributed by atoms with van der Waals surface area (Å²) >= 11 is 1.94. The Labute approximate surface area is 103 Å². The number of benzene rings is 1. The lowest BCUT2D eigenvalue weighted by Crippen LogP contribution is -2.07. The summed E-state index contributed by atoms with van der Waals surface area (Å²) in [6.45, 7) is 7.10. The number of nitrogens with two attached hydrogens (primary N) is 1. The Kier molecular flexibility index (Phi) is 4.92. The van der Waals surface area contributed by atoms with Gasteiger partial charge in [0.25, 0.3) is 0 Å². The Morgan fingerprint density at radius 1 is 1.25 bits per heavy atom. The van der Waals surface area contributed by atoms with Crippen LogP contribution < -0.4 is 5.73 Å². The van der Waals surface area contributed by atoms with Crippen LogP contribution in [0.4, 0.5) is 0 Å². The third kappa shape index (κ3) is 4.74. The first kappa shape index (κ1) is 13.2. The van der Waals surface area contributed by atoms with E-state index in [0.717, 1.165) is 11.3 Å². The maximum atomic E-state index is 5.39. The summed E-state index contributed by atoms with van der Waals surface area (Å²) in [6.07, 6.45) is 0. The molecular formula is C14H19NS. The van der Waals surface area contributed by atoms with Gasteiger partial charge in [-0.1, -0.05) is 50.8 Å². The van der Waals surface area contributed by atoms with Crippen molar-refractivity contribution < 1.29 is 0 Å². The van der Waals surface area contributed by atoms with Crippen molar-refractivity contribution in [3.05, 3.63) is 35.4 Å². The third-order valence-electron chi connectivity index (χ3n) is 2.00. The first-order chi connectivity index (χ1) is 7.53. The van der Waals surface area contributed by atoms with Gasteiger partial charge in [0.15, 0.2) is 0 Å². The molecule has 0 fully saturated rings. The number of hydrogen-bond donors (Lipinski definition) is 1. The highest BCUT2D eigenvalue weighted by Gasteiger charge is 2.11. The summed E-state index contributed by atoms with van der Waals surface area (Å²) in [7, 11) is 0. The van der Waals surface area contributed by atoms with E-state index >= 15 is 0 Å². The molecule has 0 heterocycles. The average molecular weight is 233 g/mol. The molecule has 1 aromatic carbocycles. The fraction of sp³-hybridized carbons (Fsp3) is 0.429. The van der Waals surface area contributed by atoms with E-state index in [0.29, 0.717) is 6.54 Å². The van der Waals surface area contributed by atoms with Gasteiger partial charge >= 0.3 is 0 Å². The summed E-state index contributed by atoms with van der Waals surface area (Å²) < 4.78 is 0.286. The maximum Gasteiger partial charge on any atom is 0.0555 e. The SMILES string of the molecule is CC(C)(C)SCc1ccccc1C#CCN. The predicted octanol–water partition coefficient (Wildman–Crippen LogP) is 3.03. The van der Waals surface area contributed by atoms with Crippen molar-refractivity contribution in [2.75, 3.05) is 6.54 Å². The van der Waals surface area contributed by atoms with Crippen LogP contribution in [0.2, 0.25) is 0 Å². The quantitative estimate of drug-likeness (QED) is 0.795. The molecule has 0 aromatic heterocycles. The molecule has 0 saturated carbocycles. The molecule has 1 rings (SSSR count). The van der Waals surface area contributed by atoms with Crippen LogP contribution in [-0.4, -0.2) is 11.3 Å². The molecular weight excluding hydrogens is 214 g/mol. The van der Waals surface area contributed by atoms with Gasteiger partial charge in [-0.15, -0.1) is 0 Å². The number of thioether (sulfide) groups is 1. The van der Waals surface area contributed by atoms with Crippen molar-refractivity contribution in [3.8, 4) is 11.8 Å². The molecule has 0 aliphatic rings. The Bertz CT molecular complexity index is 393. The second-order valence-corrected chi connectivity index (χ2v) is 6.37. The van der Waals surface area contributed by atoms with Gasteiger partial charge in [-0.25, -0.2) is 0 Å². The van der Waals surface area contributed by atoms with E-state index in [1.165, 1.54) is 5.56 Å². The second-order valence-electron chi connectivity index (χ2n) is 4.56. The zero-order chi connectivity index (χ0) is 12.0. The Morgan fingerprint density at radius 2 is 1.94 bits per heavy atom. The van der Waals surface area contributed by atoms with E-state index in [9.17, 15) is 0 Å². The lowest BCUT2D eigenvalue weighted by atomic mass is 10.1. The minimum atomic E-state index is 0.286. The van der Waals surface area contributed by atoms with Crippen molar-refractivity contribution in [3.63, 3.8) is 0 Å². The predicted molar refractivity (Wildman–Crippen MR) is 73.4 cm³/mol. The van der Waals surface area contributed by atoms with Gasteiger partial charge < -0.3 is 5.73 Å². The monoisotopic (exact) mass is 233 g/mol. The molecule has 2 heteroatoms. The van der Waals surface area contributed by atoms with Gasteiger partial charge in [0.05, 0.1) is 6.54 Å². The van der Waals surface area contributed by atoms with Crippen LogP contribution in [0.1, 0.15) is 31.9 Å². The molecule has 0 aliphatic heterocycles.